The molecule has 0 saturated carbocycles. The van der Waals surface area contributed by atoms with Crippen LogP contribution < -0.4 is 5.32 Å². The fourth-order valence-corrected chi connectivity index (χ4v) is 3.26. The van der Waals surface area contributed by atoms with E-state index in [2.05, 4.69) is 31.0 Å². The van der Waals surface area contributed by atoms with Gasteiger partial charge in [0.1, 0.15) is 0 Å². The Balaban J connectivity index is 1.86. The van der Waals surface area contributed by atoms with Crippen molar-refractivity contribution in [1.82, 2.24) is 10.2 Å². The second-order valence-corrected chi connectivity index (χ2v) is 6.45. The van der Waals surface area contributed by atoms with Crippen molar-refractivity contribution in [3.8, 4) is 0 Å². The van der Waals surface area contributed by atoms with Crippen LogP contribution in [0.1, 0.15) is 33.6 Å². The summed E-state index contributed by atoms with van der Waals surface area (Å²) in [6.45, 7) is 13.8. The van der Waals surface area contributed by atoms with Crippen molar-refractivity contribution in [3.05, 3.63) is 0 Å². The molecule has 2 fully saturated rings. The molecule has 0 aromatic rings. The van der Waals surface area contributed by atoms with E-state index in [-0.39, 0.29) is 0 Å². The third kappa shape index (κ3) is 3.67. The maximum atomic E-state index is 5.61. The van der Waals surface area contributed by atoms with Crippen LogP contribution >= 0.6 is 0 Å². The number of ether oxygens (including phenoxy) is 1. The van der Waals surface area contributed by atoms with Gasteiger partial charge in [-0.1, -0.05) is 13.8 Å². The van der Waals surface area contributed by atoms with Crippen molar-refractivity contribution in [2.75, 3.05) is 39.3 Å². The largest absolute Gasteiger partial charge is 0.376 e. The lowest BCUT2D eigenvalue weighted by atomic mass is 9.74. The predicted molar refractivity (Wildman–Crippen MR) is 71.2 cm³/mol. The molecule has 100 valence electrons. The van der Waals surface area contributed by atoms with Gasteiger partial charge in [0, 0.05) is 19.6 Å². The van der Waals surface area contributed by atoms with Crippen LogP contribution in [0.3, 0.4) is 0 Å². The molecule has 3 heteroatoms. The lowest BCUT2D eigenvalue weighted by molar-refractivity contribution is -0.0364. The minimum Gasteiger partial charge on any atom is -0.376 e. The van der Waals surface area contributed by atoms with Crippen molar-refractivity contribution >= 4 is 0 Å². The van der Waals surface area contributed by atoms with Crippen molar-refractivity contribution in [1.29, 1.82) is 0 Å². The van der Waals surface area contributed by atoms with E-state index >= 15 is 0 Å². The number of hydrogen-bond donors (Lipinski definition) is 1. The van der Waals surface area contributed by atoms with Gasteiger partial charge < -0.3 is 10.1 Å². The van der Waals surface area contributed by atoms with Crippen LogP contribution in [-0.2, 0) is 4.74 Å². The zero-order valence-electron chi connectivity index (χ0n) is 11.7. The Labute approximate surface area is 106 Å². The Kier molecular flexibility index (Phi) is 4.45. The van der Waals surface area contributed by atoms with Crippen molar-refractivity contribution < 1.29 is 4.74 Å². The standard InChI is InChI=1S/C14H28N2O/c1-12-10-16(7-8-17-12)11-14(2,3)13-5-4-6-15-9-13/h12-13,15H,4-11H2,1-3H3. The van der Waals surface area contributed by atoms with Crippen molar-refractivity contribution in [2.24, 2.45) is 11.3 Å². The molecule has 17 heavy (non-hydrogen) atoms. The number of rotatable bonds is 3. The average molecular weight is 240 g/mol. The summed E-state index contributed by atoms with van der Waals surface area (Å²) in [4.78, 5) is 2.59. The third-order valence-electron chi connectivity index (χ3n) is 4.36. The van der Waals surface area contributed by atoms with Gasteiger partial charge in [0.15, 0.2) is 0 Å². The van der Waals surface area contributed by atoms with Gasteiger partial charge in [-0.3, -0.25) is 4.90 Å². The van der Waals surface area contributed by atoms with Crippen LogP contribution in [0.4, 0.5) is 0 Å². The van der Waals surface area contributed by atoms with Gasteiger partial charge in [-0.15, -0.1) is 0 Å². The Morgan fingerprint density at radius 1 is 1.41 bits per heavy atom. The molecule has 0 spiro atoms. The molecule has 2 unspecified atom stereocenters. The third-order valence-corrected chi connectivity index (χ3v) is 4.36. The highest BCUT2D eigenvalue weighted by molar-refractivity contribution is 4.86. The fourth-order valence-electron chi connectivity index (χ4n) is 3.26. The minimum atomic E-state index is 0.407. The van der Waals surface area contributed by atoms with Gasteiger partial charge in [-0.2, -0.15) is 0 Å². The summed E-state index contributed by atoms with van der Waals surface area (Å²) in [6.07, 6.45) is 3.14. The topological polar surface area (TPSA) is 24.5 Å². The number of nitrogens with one attached hydrogen (secondary N) is 1. The molecule has 2 atom stereocenters. The van der Waals surface area contributed by atoms with Gasteiger partial charge >= 0.3 is 0 Å². The Morgan fingerprint density at radius 2 is 2.24 bits per heavy atom. The molecule has 2 heterocycles. The highest BCUT2D eigenvalue weighted by atomic mass is 16.5. The molecule has 2 rings (SSSR count). The van der Waals surface area contributed by atoms with Crippen LogP contribution in [0, 0.1) is 11.3 Å². The molecule has 0 aliphatic carbocycles. The van der Waals surface area contributed by atoms with Crippen LogP contribution in [0.2, 0.25) is 0 Å². The first-order valence-corrected chi connectivity index (χ1v) is 7.12. The molecular formula is C14H28N2O. The van der Waals surface area contributed by atoms with Crippen molar-refractivity contribution in [2.45, 2.75) is 39.7 Å². The van der Waals surface area contributed by atoms with E-state index in [4.69, 9.17) is 4.74 Å². The molecule has 0 bridgehead atoms. The van der Waals surface area contributed by atoms with E-state index in [9.17, 15) is 0 Å². The summed E-state index contributed by atoms with van der Waals surface area (Å²) < 4.78 is 5.61. The quantitative estimate of drug-likeness (QED) is 0.813. The highest BCUT2D eigenvalue weighted by Crippen LogP contribution is 2.32. The Hall–Kier alpha value is -0.120. The van der Waals surface area contributed by atoms with Crippen LogP contribution in [-0.4, -0.2) is 50.3 Å². The summed E-state index contributed by atoms with van der Waals surface area (Å²) in [5.74, 6) is 0.828. The van der Waals surface area contributed by atoms with Crippen LogP contribution in [0.25, 0.3) is 0 Å². The Morgan fingerprint density at radius 3 is 2.88 bits per heavy atom. The Bertz CT molecular complexity index is 236. The maximum absolute atomic E-state index is 5.61. The predicted octanol–water partition coefficient (Wildman–Crippen LogP) is 1.73. The molecule has 0 amide bonds. The van der Waals surface area contributed by atoms with Crippen LogP contribution in [0.15, 0.2) is 0 Å². The van der Waals surface area contributed by atoms with E-state index in [1.54, 1.807) is 0 Å². The molecule has 3 nitrogen and oxygen atoms in total. The minimum absolute atomic E-state index is 0.407. The second kappa shape index (κ2) is 5.68. The molecule has 0 aromatic carbocycles. The fraction of sp³-hybridized carbons (Fsp3) is 1.00. The zero-order chi connectivity index (χ0) is 12.3. The molecule has 1 N–H and O–H groups in total. The molecule has 2 aliphatic rings. The highest BCUT2D eigenvalue weighted by Gasteiger charge is 2.33. The maximum Gasteiger partial charge on any atom is 0.0674 e. The van der Waals surface area contributed by atoms with Gasteiger partial charge in [0.05, 0.1) is 12.7 Å². The molecule has 0 radical (unpaired) electrons. The van der Waals surface area contributed by atoms with E-state index in [1.165, 1.54) is 32.5 Å². The van der Waals surface area contributed by atoms with Crippen molar-refractivity contribution in [3.63, 3.8) is 0 Å². The summed E-state index contributed by atoms with van der Waals surface area (Å²) in [7, 11) is 0. The molecule has 2 saturated heterocycles. The van der Waals surface area contributed by atoms with E-state index < -0.39 is 0 Å². The normalized spacial score (nSPS) is 32.6. The van der Waals surface area contributed by atoms with Gasteiger partial charge in [0.2, 0.25) is 0 Å². The first-order valence-electron chi connectivity index (χ1n) is 7.12. The molecular weight excluding hydrogens is 212 g/mol. The summed E-state index contributed by atoms with van der Waals surface area (Å²) in [5, 5.41) is 3.54. The summed E-state index contributed by atoms with van der Waals surface area (Å²) in [5.41, 5.74) is 0.421. The lowest BCUT2D eigenvalue weighted by Crippen LogP contribution is -2.49. The monoisotopic (exact) mass is 240 g/mol. The first kappa shape index (κ1) is 13.3. The SMILES string of the molecule is CC1CN(CC(C)(C)C2CCCNC2)CCO1. The average Bonchev–Trinajstić information content (AvgIpc) is 2.29. The number of hydrogen-bond acceptors (Lipinski definition) is 3. The molecule has 0 aromatic heterocycles. The lowest BCUT2D eigenvalue weighted by Gasteiger charge is -2.42. The first-order chi connectivity index (χ1) is 8.08. The van der Waals surface area contributed by atoms with E-state index in [0.717, 1.165) is 25.6 Å². The van der Waals surface area contributed by atoms with E-state index in [0.29, 0.717) is 11.5 Å². The zero-order valence-corrected chi connectivity index (χ0v) is 11.7. The number of piperidine rings is 1. The molecule has 2 aliphatic heterocycles. The van der Waals surface area contributed by atoms with Gasteiger partial charge in [0.25, 0.3) is 0 Å². The van der Waals surface area contributed by atoms with Crippen LogP contribution in [0.5, 0.6) is 0 Å². The summed E-state index contributed by atoms with van der Waals surface area (Å²) in [6, 6.07) is 0. The summed E-state index contributed by atoms with van der Waals surface area (Å²) >= 11 is 0. The number of morpholine rings is 1. The van der Waals surface area contributed by atoms with Gasteiger partial charge in [-0.25, -0.2) is 0 Å². The number of nitrogens with zero attached hydrogens (tertiary/aromatic N) is 1. The smallest absolute Gasteiger partial charge is 0.0674 e. The van der Waals surface area contributed by atoms with E-state index in [1.807, 2.05) is 0 Å². The second-order valence-electron chi connectivity index (χ2n) is 6.45. The van der Waals surface area contributed by atoms with Gasteiger partial charge in [-0.05, 0) is 44.2 Å².